The molecule has 1 aromatic rings. The second kappa shape index (κ2) is 7.09. The molecule has 0 spiro atoms. The Balaban J connectivity index is 2.93. The third-order valence-corrected chi connectivity index (χ3v) is 2.46. The van der Waals surface area contributed by atoms with Gasteiger partial charge in [-0.25, -0.2) is 9.97 Å². The summed E-state index contributed by atoms with van der Waals surface area (Å²) in [6.07, 6.45) is -3.90. The Kier molecular flexibility index (Phi) is 5.74. The lowest BCUT2D eigenvalue weighted by Gasteiger charge is -2.14. The van der Waals surface area contributed by atoms with E-state index in [1.165, 1.54) is 11.0 Å². The Morgan fingerprint density at radius 3 is 2.29 bits per heavy atom. The number of carbonyl (C=O) groups is 1. The summed E-state index contributed by atoms with van der Waals surface area (Å²) in [6.45, 7) is 2.23. The summed E-state index contributed by atoms with van der Waals surface area (Å²) in [5.74, 6) is -1.50. The lowest BCUT2D eigenvalue weighted by molar-refractivity contribution is -0.144. The molecule has 9 heteroatoms. The maximum atomic E-state index is 12.7. The summed E-state index contributed by atoms with van der Waals surface area (Å²) >= 11 is 0. The Morgan fingerprint density at radius 1 is 1.24 bits per heavy atom. The third-order valence-electron chi connectivity index (χ3n) is 2.46. The highest BCUT2D eigenvalue weighted by Gasteiger charge is 2.35. The van der Waals surface area contributed by atoms with Crippen LogP contribution in [-0.4, -0.2) is 48.0 Å². The van der Waals surface area contributed by atoms with Crippen molar-refractivity contribution < 1.29 is 18.0 Å². The van der Waals surface area contributed by atoms with Crippen LogP contribution in [0.5, 0.6) is 0 Å². The van der Waals surface area contributed by atoms with Crippen molar-refractivity contribution in [2.45, 2.75) is 19.5 Å². The number of hydrogen-bond acceptors (Lipinski definition) is 5. The SMILES string of the molecule is CCCNc1cc(NCC(=O)N(C)C)nc(C(F)(F)F)n1. The molecular weight excluding hydrogens is 287 g/mol. The van der Waals surface area contributed by atoms with Gasteiger partial charge >= 0.3 is 6.18 Å². The average Bonchev–Trinajstić information content (AvgIpc) is 2.41. The van der Waals surface area contributed by atoms with E-state index in [1.54, 1.807) is 14.1 Å². The highest BCUT2D eigenvalue weighted by atomic mass is 19.4. The molecule has 0 saturated heterocycles. The zero-order chi connectivity index (χ0) is 16.0. The van der Waals surface area contributed by atoms with Crippen LogP contribution in [0.25, 0.3) is 0 Å². The first kappa shape index (κ1) is 17.0. The fourth-order valence-corrected chi connectivity index (χ4v) is 1.33. The monoisotopic (exact) mass is 305 g/mol. The van der Waals surface area contributed by atoms with Gasteiger partial charge in [0.15, 0.2) is 0 Å². The molecule has 1 heterocycles. The van der Waals surface area contributed by atoms with Crippen molar-refractivity contribution in [1.29, 1.82) is 0 Å². The van der Waals surface area contributed by atoms with Crippen molar-refractivity contribution in [3.63, 3.8) is 0 Å². The zero-order valence-electron chi connectivity index (χ0n) is 12.1. The molecule has 2 N–H and O–H groups in total. The molecular formula is C12H18F3N5O. The molecule has 1 amide bonds. The molecule has 0 bridgehead atoms. The quantitative estimate of drug-likeness (QED) is 0.839. The number of halogens is 3. The van der Waals surface area contributed by atoms with E-state index in [4.69, 9.17) is 0 Å². The molecule has 21 heavy (non-hydrogen) atoms. The first-order valence-corrected chi connectivity index (χ1v) is 6.38. The molecule has 0 radical (unpaired) electrons. The van der Waals surface area contributed by atoms with Gasteiger partial charge in [0.2, 0.25) is 11.7 Å². The van der Waals surface area contributed by atoms with Crippen LogP contribution >= 0.6 is 0 Å². The van der Waals surface area contributed by atoms with Gasteiger partial charge in [-0.2, -0.15) is 13.2 Å². The third kappa shape index (κ3) is 5.44. The number of aromatic nitrogens is 2. The highest BCUT2D eigenvalue weighted by molar-refractivity contribution is 5.80. The maximum Gasteiger partial charge on any atom is 0.451 e. The van der Waals surface area contributed by atoms with Crippen LogP contribution in [-0.2, 0) is 11.0 Å². The first-order valence-electron chi connectivity index (χ1n) is 6.38. The first-order chi connectivity index (χ1) is 9.74. The lowest BCUT2D eigenvalue weighted by atomic mass is 10.4. The van der Waals surface area contributed by atoms with E-state index in [1.807, 2.05) is 6.92 Å². The van der Waals surface area contributed by atoms with Gasteiger partial charge in [-0.15, -0.1) is 0 Å². The normalized spacial score (nSPS) is 11.1. The molecule has 0 aliphatic heterocycles. The largest absolute Gasteiger partial charge is 0.451 e. The van der Waals surface area contributed by atoms with Crippen LogP contribution in [0.4, 0.5) is 24.8 Å². The number of rotatable bonds is 6. The van der Waals surface area contributed by atoms with Crippen LogP contribution in [0.2, 0.25) is 0 Å². The summed E-state index contributed by atoms with van der Waals surface area (Å²) in [4.78, 5) is 19.6. The van der Waals surface area contributed by atoms with Crippen LogP contribution in [0.15, 0.2) is 6.07 Å². The molecule has 6 nitrogen and oxygen atoms in total. The molecule has 0 aliphatic rings. The zero-order valence-corrected chi connectivity index (χ0v) is 12.1. The van der Waals surface area contributed by atoms with Crippen molar-refractivity contribution in [1.82, 2.24) is 14.9 Å². The van der Waals surface area contributed by atoms with E-state index < -0.39 is 12.0 Å². The topological polar surface area (TPSA) is 70.2 Å². The summed E-state index contributed by atoms with van der Waals surface area (Å²) < 4.78 is 38.2. The Hall–Kier alpha value is -2.06. The predicted molar refractivity (Wildman–Crippen MR) is 73.0 cm³/mol. The number of nitrogens with one attached hydrogen (secondary N) is 2. The van der Waals surface area contributed by atoms with Crippen LogP contribution in [0, 0.1) is 0 Å². The van der Waals surface area contributed by atoms with E-state index in [2.05, 4.69) is 20.6 Å². The highest BCUT2D eigenvalue weighted by Crippen LogP contribution is 2.28. The Labute approximate surface area is 120 Å². The fourth-order valence-electron chi connectivity index (χ4n) is 1.33. The fraction of sp³-hybridized carbons (Fsp3) is 0.583. The summed E-state index contributed by atoms with van der Waals surface area (Å²) in [5, 5.41) is 5.34. The molecule has 0 unspecified atom stereocenters. The maximum absolute atomic E-state index is 12.7. The second-order valence-electron chi connectivity index (χ2n) is 4.53. The van der Waals surface area contributed by atoms with E-state index >= 15 is 0 Å². The number of alkyl halides is 3. The number of carbonyl (C=O) groups excluding carboxylic acids is 1. The minimum absolute atomic E-state index is 0.0499. The smallest absolute Gasteiger partial charge is 0.370 e. The van der Waals surface area contributed by atoms with E-state index in [-0.39, 0.29) is 24.1 Å². The van der Waals surface area contributed by atoms with E-state index in [0.29, 0.717) is 6.54 Å². The average molecular weight is 305 g/mol. The minimum Gasteiger partial charge on any atom is -0.370 e. The molecule has 0 aliphatic carbocycles. The van der Waals surface area contributed by atoms with Crippen molar-refractivity contribution in [2.75, 3.05) is 37.8 Å². The number of likely N-dealkylation sites (N-methyl/N-ethyl adjacent to an activating group) is 1. The number of amides is 1. The Bertz CT molecular complexity index is 490. The predicted octanol–water partition coefficient (Wildman–Crippen LogP) is 1.82. The summed E-state index contributed by atoms with van der Waals surface area (Å²) in [6, 6.07) is 1.34. The molecule has 0 saturated carbocycles. The van der Waals surface area contributed by atoms with Crippen molar-refractivity contribution >= 4 is 17.5 Å². The number of nitrogens with zero attached hydrogens (tertiary/aromatic N) is 3. The number of hydrogen-bond donors (Lipinski definition) is 2. The van der Waals surface area contributed by atoms with Gasteiger partial charge in [-0.05, 0) is 6.42 Å². The molecule has 0 atom stereocenters. The molecule has 1 rings (SSSR count). The van der Waals surface area contributed by atoms with Gasteiger partial charge in [0.1, 0.15) is 11.6 Å². The van der Waals surface area contributed by atoms with Crippen molar-refractivity contribution in [3.05, 3.63) is 11.9 Å². The van der Waals surface area contributed by atoms with Crippen molar-refractivity contribution in [2.24, 2.45) is 0 Å². The summed E-state index contributed by atoms with van der Waals surface area (Å²) in [7, 11) is 3.11. The molecule has 0 aromatic carbocycles. The van der Waals surface area contributed by atoms with Crippen LogP contribution in [0.3, 0.4) is 0 Å². The molecule has 0 fully saturated rings. The molecule has 1 aromatic heterocycles. The summed E-state index contributed by atoms with van der Waals surface area (Å²) in [5.41, 5.74) is 0. The van der Waals surface area contributed by atoms with Gasteiger partial charge in [0.05, 0.1) is 6.54 Å². The van der Waals surface area contributed by atoms with Crippen LogP contribution < -0.4 is 10.6 Å². The van der Waals surface area contributed by atoms with Crippen molar-refractivity contribution in [3.8, 4) is 0 Å². The van der Waals surface area contributed by atoms with E-state index in [9.17, 15) is 18.0 Å². The second-order valence-corrected chi connectivity index (χ2v) is 4.53. The van der Waals surface area contributed by atoms with Gasteiger partial charge in [0, 0.05) is 26.7 Å². The standard InChI is InChI=1S/C12H18F3N5O/c1-4-5-16-8-6-9(17-7-10(21)20(2)3)19-11(18-8)12(13,14)15/h6H,4-5,7H2,1-3H3,(H2,16,17,18,19). The van der Waals surface area contributed by atoms with Gasteiger partial charge < -0.3 is 15.5 Å². The lowest BCUT2D eigenvalue weighted by Crippen LogP contribution is -2.29. The van der Waals surface area contributed by atoms with Gasteiger partial charge in [-0.1, -0.05) is 6.92 Å². The van der Waals surface area contributed by atoms with Crippen LogP contribution in [0.1, 0.15) is 19.2 Å². The van der Waals surface area contributed by atoms with Gasteiger partial charge in [0.25, 0.3) is 0 Å². The van der Waals surface area contributed by atoms with Gasteiger partial charge in [-0.3, -0.25) is 4.79 Å². The minimum atomic E-state index is -4.65. The molecule has 118 valence electrons. The number of anilines is 2. The van der Waals surface area contributed by atoms with E-state index in [0.717, 1.165) is 6.42 Å². The Morgan fingerprint density at radius 2 is 1.81 bits per heavy atom.